The largest absolute Gasteiger partial charge is 0.464 e. The first-order valence-corrected chi connectivity index (χ1v) is 9.99. The first-order valence-electron chi connectivity index (χ1n) is 9.61. The Balaban J connectivity index is 1.70. The van der Waals surface area contributed by atoms with Crippen LogP contribution in [0.5, 0.6) is 0 Å². The number of carbonyl (C=O) groups is 2. The maximum absolute atomic E-state index is 12.1. The summed E-state index contributed by atoms with van der Waals surface area (Å²) in [7, 11) is 0. The highest BCUT2D eigenvalue weighted by atomic mass is 35.5. The number of hydrogen-bond donors (Lipinski definition) is 1. The summed E-state index contributed by atoms with van der Waals surface area (Å²) in [6, 6.07) is 0. The maximum atomic E-state index is 12.1. The number of hydrogen-bond acceptors (Lipinski definition) is 10. The Kier molecular flexibility index (Phi) is 7.06. The van der Waals surface area contributed by atoms with E-state index >= 15 is 0 Å². The van der Waals surface area contributed by atoms with E-state index in [0.29, 0.717) is 17.6 Å². The van der Waals surface area contributed by atoms with Crippen molar-refractivity contribution in [1.82, 2.24) is 19.5 Å². The van der Waals surface area contributed by atoms with Gasteiger partial charge < -0.3 is 24.7 Å². The highest BCUT2D eigenvalue weighted by molar-refractivity contribution is 6.28. The number of nitrogens with two attached hydrogens (primary N) is 1. The molecule has 0 aromatic carbocycles. The highest BCUT2D eigenvalue weighted by Gasteiger charge is 2.37. The molecule has 2 N–H and O–H groups in total. The molecule has 0 bridgehead atoms. The molecular formula is C18H24ClN5O6. The molecule has 0 saturated carbocycles. The Labute approximate surface area is 177 Å². The topological polar surface area (TPSA) is 141 Å². The van der Waals surface area contributed by atoms with E-state index in [0.717, 1.165) is 0 Å². The van der Waals surface area contributed by atoms with Gasteiger partial charge in [-0.15, -0.1) is 0 Å². The molecule has 2 aromatic rings. The lowest BCUT2D eigenvalue weighted by Gasteiger charge is -2.20. The number of nitrogen functional groups attached to an aromatic ring is 1. The quantitative estimate of drug-likeness (QED) is 0.363. The third kappa shape index (κ3) is 4.63. The van der Waals surface area contributed by atoms with Crippen LogP contribution in [-0.4, -0.2) is 63.5 Å². The molecule has 2 aromatic heterocycles. The molecule has 0 unspecified atom stereocenters. The van der Waals surface area contributed by atoms with Crippen molar-refractivity contribution in [2.75, 3.05) is 25.6 Å². The van der Waals surface area contributed by atoms with Crippen molar-refractivity contribution < 1.29 is 28.5 Å². The number of halogens is 1. The number of carbonyl (C=O) groups excluding carboxylic acids is 2. The number of esters is 2. The molecule has 0 amide bonds. The molecule has 3 rings (SSSR count). The number of imidazole rings is 1. The van der Waals surface area contributed by atoms with E-state index in [4.69, 9.17) is 36.3 Å². The Morgan fingerprint density at radius 1 is 1.30 bits per heavy atom. The van der Waals surface area contributed by atoms with Gasteiger partial charge in [0.15, 0.2) is 11.5 Å². The van der Waals surface area contributed by atoms with Gasteiger partial charge in [0.25, 0.3) is 6.10 Å². The first kappa shape index (κ1) is 22.2. The lowest BCUT2D eigenvalue weighted by molar-refractivity contribution is -0.176. The van der Waals surface area contributed by atoms with Gasteiger partial charge in [0, 0.05) is 0 Å². The number of rotatable bonds is 8. The second-order valence-electron chi connectivity index (χ2n) is 6.76. The molecule has 1 aliphatic heterocycles. The van der Waals surface area contributed by atoms with Crippen molar-refractivity contribution in [3.63, 3.8) is 0 Å². The molecule has 1 saturated heterocycles. The number of nitrogens with zero attached hydrogens (tertiary/aromatic N) is 4. The van der Waals surface area contributed by atoms with Crippen molar-refractivity contribution in [2.45, 2.75) is 45.6 Å². The zero-order valence-corrected chi connectivity index (χ0v) is 17.7. The highest BCUT2D eigenvalue weighted by Crippen LogP contribution is 2.35. The Morgan fingerprint density at radius 3 is 2.60 bits per heavy atom. The molecule has 1 fully saturated rings. The predicted octanol–water partition coefficient (Wildman–Crippen LogP) is 1.50. The molecule has 0 aliphatic carbocycles. The van der Waals surface area contributed by atoms with Gasteiger partial charge in [0.05, 0.1) is 32.3 Å². The molecule has 1 aliphatic rings. The molecule has 164 valence electrons. The monoisotopic (exact) mass is 441 g/mol. The average Bonchev–Trinajstić information content (AvgIpc) is 3.26. The summed E-state index contributed by atoms with van der Waals surface area (Å²) in [6.45, 7) is 5.52. The standard InChI is InChI=1S/C18H24ClN5O6/c1-4-27-16(25)13(17(26)28-5-2)29-7-10-9(3)6-11(30-10)24-8-21-12-14(20)22-18(19)23-15(12)24/h8-11,13H,4-7H2,1-3H3,(H2,20,22,23)/t9-,10-,11-/m1/s1. The summed E-state index contributed by atoms with van der Waals surface area (Å²) in [5.41, 5.74) is 6.74. The third-order valence-corrected chi connectivity index (χ3v) is 4.87. The SMILES string of the molecule is CCOC(=O)C(OC[C@H]1O[C@@H](n2cnc3c(N)nc(Cl)nc32)C[C@H]1C)C(=O)OCC. The first-order chi connectivity index (χ1) is 14.3. The molecule has 0 spiro atoms. The van der Waals surface area contributed by atoms with Gasteiger partial charge in [-0.25, -0.2) is 14.6 Å². The fourth-order valence-corrected chi connectivity index (χ4v) is 3.40. The number of aromatic nitrogens is 4. The van der Waals surface area contributed by atoms with Crippen LogP contribution in [0, 0.1) is 5.92 Å². The minimum atomic E-state index is -1.46. The summed E-state index contributed by atoms with van der Waals surface area (Å²) < 4.78 is 23.2. The van der Waals surface area contributed by atoms with Gasteiger partial charge in [-0.1, -0.05) is 6.92 Å². The second-order valence-corrected chi connectivity index (χ2v) is 7.10. The maximum Gasteiger partial charge on any atom is 0.347 e. The van der Waals surface area contributed by atoms with Crippen molar-refractivity contribution >= 4 is 40.5 Å². The predicted molar refractivity (Wildman–Crippen MR) is 105 cm³/mol. The van der Waals surface area contributed by atoms with Crippen LogP contribution >= 0.6 is 11.6 Å². The Bertz CT molecular complexity index is 904. The summed E-state index contributed by atoms with van der Waals surface area (Å²) in [5.74, 6) is -1.34. The van der Waals surface area contributed by atoms with Crippen molar-refractivity contribution in [1.29, 1.82) is 0 Å². The summed E-state index contributed by atoms with van der Waals surface area (Å²) in [5, 5.41) is 0.0133. The average molecular weight is 442 g/mol. The number of ether oxygens (including phenoxy) is 4. The van der Waals surface area contributed by atoms with Crippen LogP contribution in [0.25, 0.3) is 11.2 Å². The van der Waals surface area contributed by atoms with Gasteiger partial charge in [0.2, 0.25) is 5.28 Å². The Hall–Kier alpha value is -2.50. The van der Waals surface area contributed by atoms with Gasteiger partial charge >= 0.3 is 11.9 Å². The zero-order chi connectivity index (χ0) is 21.8. The van der Waals surface area contributed by atoms with Gasteiger partial charge in [-0.05, 0) is 37.8 Å². The third-order valence-electron chi connectivity index (χ3n) is 4.70. The smallest absolute Gasteiger partial charge is 0.347 e. The molecule has 3 atom stereocenters. The van der Waals surface area contributed by atoms with Crippen LogP contribution in [0.3, 0.4) is 0 Å². The Morgan fingerprint density at radius 2 is 1.97 bits per heavy atom. The fourth-order valence-electron chi connectivity index (χ4n) is 3.22. The molecule has 0 radical (unpaired) electrons. The van der Waals surface area contributed by atoms with E-state index in [1.807, 2.05) is 6.92 Å². The molecule has 11 nitrogen and oxygen atoms in total. The minimum absolute atomic E-state index is 0.00444. The van der Waals surface area contributed by atoms with Crippen LogP contribution in [-0.2, 0) is 28.5 Å². The van der Waals surface area contributed by atoms with Gasteiger partial charge in [0.1, 0.15) is 11.7 Å². The molecule has 30 heavy (non-hydrogen) atoms. The molecule has 12 heteroatoms. The molecule has 3 heterocycles. The van der Waals surface area contributed by atoms with Crippen molar-refractivity contribution in [2.24, 2.45) is 5.92 Å². The summed E-state index contributed by atoms with van der Waals surface area (Å²) in [6.07, 6.45) is -0.0433. The lowest BCUT2D eigenvalue weighted by atomic mass is 10.0. The van der Waals surface area contributed by atoms with Crippen LogP contribution < -0.4 is 5.73 Å². The van der Waals surface area contributed by atoms with Crippen LogP contribution in [0.4, 0.5) is 5.82 Å². The fraction of sp³-hybridized carbons (Fsp3) is 0.611. The van der Waals surface area contributed by atoms with Gasteiger partial charge in [-0.2, -0.15) is 9.97 Å². The molecular weight excluding hydrogens is 418 g/mol. The van der Waals surface area contributed by atoms with E-state index in [1.54, 1.807) is 24.7 Å². The minimum Gasteiger partial charge on any atom is -0.464 e. The zero-order valence-electron chi connectivity index (χ0n) is 16.9. The van der Waals surface area contributed by atoms with Crippen LogP contribution in [0.1, 0.15) is 33.4 Å². The van der Waals surface area contributed by atoms with E-state index in [-0.39, 0.29) is 42.9 Å². The van der Waals surface area contributed by atoms with E-state index in [2.05, 4.69) is 15.0 Å². The van der Waals surface area contributed by atoms with E-state index < -0.39 is 24.3 Å². The number of fused-ring (bicyclic) bond motifs is 1. The van der Waals surface area contributed by atoms with E-state index in [1.165, 1.54) is 0 Å². The van der Waals surface area contributed by atoms with Crippen LogP contribution in [0.2, 0.25) is 5.28 Å². The summed E-state index contributed by atoms with van der Waals surface area (Å²) >= 11 is 5.92. The van der Waals surface area contributed by atoms with E-state index in [9.17, 15) is 9.59 Å². The summed E-state index contributed by atoms with van der Waals surface area (Å²) in [4.78, 5) is 36.5. The van der Waals surface area contributed by atoms with Crippen molar-refractivity contribution in [3.05, 3.63) is 11.6 Å². The van der Waals surface area contributed by atoms with Crippen molar-refractivity contribution in [3.8, 4) is 0 Å². The number of anilines is 1. The lowest BCUT2D eigenvalue weighted by Crippen LogP contribution is -2.38. The normalized spacial score (nSPS) is 21.3. The van der Waals surface area contributed by atoms with Gasteiger partial charge in [-0.3, -0.25) is 4.57 Å². The van der Waals surface area contributed by atoms with Crippen LogP contribution in [0.15, 0.2) is 6.33 Å². The second kappa shape index (κ2) is 9.54.